The van der Waals surface area contributed by atoms with Gasteiger partial charge in [-0.2, -0.15) is 0 Å². The summed E-state index contributed by atoms with van der Waals surface area (Å²) in [6.45, 7) is 8.68. The number of nitrogens with zero attached hydrogens (tertiary/aromatic N) is 1. The molecule has 1 aromatic rings. The average Bonchev–Trinajstić information content (AvgIpc) is 2.42. The van der Waals surface area contributed by atoms with Crippen LogP contribution in [0.3, 0.4) is 0 Å². The standard InChI is InChI=1S/C16H21NO/c1-3-5-6-10-13-17(16(18)4-2)14-15-11-8-7-9-12-15/h3-4,7-9,11-12H,1-2,5-6,10,13-14H2. The topological polar surface area (TPSA) is 20.3 Å². The molecular weight excluding hydrogens is 222 g/mol. The summed E-state index contributed by atoms with van der Waals surface area (Å²) < 4.78 is 0. The number of unbranched alkanes of at least 4 members (excludes halogenated alkanes) is 2. The number of benzene rings is 1. The van der Waals surface area contributed by atoms with Crippen LogP contribution in [-0.4, -0.2) is 17.4 Å². The zero-order valence-corrected chi connectivity index (χ0v) is 10.8. The highest BCUT2D eigenvalue weighted by Gasteiger charge is 2.09. The fraction of sp³-hybridized carbons (Fsp3) is 0.312. The average molecular weight is 243 g/mol. The molecule has 96 valence electrons. The molecule has 1 rings (SSSR count). The van der Waals surface area contributed by atoms with E-state index in [4.69, 9.17) is 0 Å². The first-order chi connectivity index (χ1) is 8.77. The Morgan fingerprint density at radius 3 is 2.50 bits per heavy atom. The Morgan fingerprint density at radius 2 is 1.89 bits per heavy atom. The fourth-order valence-electron chi connectivity index (χ4n) is 1.79. The molecule has 0 atom stereocenters. The van der Waals surface area contributed by atoms with Gasteiger partial charge in [-0.15, -0.1) is 6.58 Å². The van der Waals surface area contributed by atoms with Gasteiger partial charge >= 0.3 is 0 Å². The molecule has 0 aliphatic heterocycles. The second kappa shape index (κ2) is 8.29. The Labute approximate surface area is 110 Å². The van der Waals surface area contributed by atoms with E-state index in [1.54, 1.807) is 0 Å². The molecule has 0 bridgehead atoms. The minimum Gasteiger partial charge on any atom is -0.335 e. The van der Waals surface area contributed by atoms with Gasteiger partial charge in [0.05, 0.1) is 0 Å². The Kier molecular flexibility index (Phi) is 6.55. The van der Waals surface area contributed by atoms with Crippen LogP contribution in [0.4, 0.5) is 0 Å². The van der Waals surface area contributed by atoms with Crippen molar-refractivity contribution in [2.24, 2.45) is 0 Å². The van der Waals surface area contributed by atoms with E-state index in [1.807, 2.05) is 41.3 Å². The summed E-state index contributed by atoms with van der Waals surface area (Å²) in [5.41, 5.74) is 1.15. The van der Waals surface area contributed by atoms with Crippen LogP contribution in [0.1, 0.15) is 24.8 Å². The fourth-order valence-corrected chi connectivity index (χ4v) is 1.79. The van der Waals surface area contributed by atoms with Crippen LogP contribution in [-0.2, 0) is 11.3 Å². The van der Waals surface area contributed by atoms with Gasteiger partial charge in [0, 0.05) is 13.1 Å². The summed E-state index contributed by atoms with van der Waals surface area (Å²) in [7, 11) is 0. The lowest BCUT2D eigenvalue weighted by atomic mass is 10.2. The van der Waals surface area contributed by atoms with E-state index in [0.717, 1.165) is 31.4 Å². The molecule has 0 aliphatic carbocycles. The summed E-state index contributed by atoms with van der Waals surface area (Å²) in [5.74, 6) is -0.00236. The second-order valence-corrected chi connectivity index (χ2v) is 4.23. The number of amides is 1. The van der Waals surface area contributed by atoms with Gasteiger partial charge in [-0.3, -0.25) is 4.79 Å². The van der Waals surface area contributed by atoms with Crippen molar-refractivity contribution in [2.45, 2.75) is 25.8 Å². The van der Waals surface area contributed by atoms with E-state index < -0.39 is 0 Å². The Morgan fingerprint density at radius 1 is 1.17 bits per heavy atom. The molecule has 0 heterocycles. The summed E-state index contributed by atoms with van der Waals surface area (Å²) in [6.07, 6.45) is 6.37. The van der Waals surface area contributed by atoms with E-state index in [9.17, 15) is 4.79 Å². The maximum Gasteiger partial charge on any atom is 0.246 e. The Hall–Kier alpha value is -1.83. The maximum atomic E-state index is 11.8. The maximum absolute atomic E-state index is 11.8. The molecule has 0 N–H and O–H groups in total. The van der Waals surface area contributed by atoms with E-state index in [1.165, 1.54) is 6.08 Å². The van der Waals surface area contributed by atoms with Gasteiger partial charge in [-0.05, 0) is 30.9 Å². The molecule has 1 aromatic carbocycles. The molecule has 0 radical (unpaired) electrons. The smallest absolute Gasteiger partial charge is 0.246 e. The summed E-state index contributed by atoms with van der Waals surface area (Å²) in [6, 6.07) is 10.0. The molecule has 0 saturated heterocycles. The number of hydrogen-bond acceptors (Lipinski definition) is 1. The minimum absolute atomic E-state index is 0.00236. The Balaban J connectivity index is 2.53. The van der Waals surface area contributed by atoms with Gasteiger partial charge in [-0.1, -0.05) is 43.0 Å². The predicted octanol–water partition coefficient (Wildman–Crippen LogP) is 3.56. The van der Waals surface area contributed by atoms with Crippen molar-refractivity contribution >= 4 is 5.91 Å². The molecule has 18 heavy (non-hydrogen) atoms. The third-order valence-electron chi connectivity index (χ3n) is 2.79. The zero-order chi connectivity index (χ0) is 13.2. The van der Waals surface area contributed by atoms with Crippen molar-refractivity contribution in [1.29, 1.82) is 0 Å². The van der Waals surface area contributed by atoms with Crippen LogP contribution in [0.2, 0.25) is 0 Å². The van der Waals surface area contributed by atoms with Gasteiger partial charge < -0.3 is 4.90 Å². The highest BCUT2D eigenvalue weighted by atomic mass is 16.2. The third-order valence-corrected chi connectivity index (χ3v) is 2.79. The molecule has 0 spiro atoms. The number of rotatable bonds is 8. The highest BCUT2D eigenvalue weighted by Crippen LogP contribution is 2.07. The molecule has 2 nitrogen and oxygen atoms in total. The lowest BCUT2D eigenvalue weighted by Crippen LogP contribution is -2.29. The first-order valence-corrected chi connectivity index (χ1v) is 6.34. The monoisotopic (exact) mass is 243 g/mol. The van der Waals surface area contributed by atoms with E-state index in [-0.39, 0.29) is 5.91 Å². The molecule has 0 aliphatic rings. The SMILES string of the molecule is C=CCCCCN(Cc1ccccc1)C(=O)C=C. The number of carbonyl (C=O) groups is 1. The molecule has 2 heteroatoms. The summed E-state index contributed by atoms with van der Waals surface area (Å²) in [5, 5.41) is 0. The summed E-state index contributed by atoms with van der Waals surface area (Å²) in [4.78, 5) is 13.6. The zero-order valence-electron chi connectivity index (χ0n) is 10.8. The molecular formula is C16H21NO. The van der Waals surface area contributed by atoms with Crippen molar-refractivity contribution in [3.8, 4) is 0 Å². The molecule has 0 aromatic heterocycles. The van der Waals surface area contributed by atoms with Crippen molar-refractivity contribution in [2.75, 3.05) is 6.54 Å². The van der Waals surface area contributed by atoms with E-state index in [2.05, 4.69) is 13.2 Å². The highest BCUT2D eigenvalue weighted by molar-refractivity contribution is 5.86. The lowest BCUT2D eigenvalue weighted by molar-refractivity contribution is -0.126. The van der Waals surface area contributed by atoms with Gasteiger partial charge in [0.1, 0.15) is 0 Å². The van der Waals surface area contributed by atoms with Crippen LogP contribution in [0.25, 0.3) is 0 Å². The van der Waals surface area contributed by atoms with E-state index in [0.29, 0.717) is 6.54 Å². The third kappa shape index (κ3) is 5.00. The molecule has 0 unspecified atom stereocenters. The molecule has 0 saturated carbocycles. The second-order valence-electron chi connectivity index (χ2n) is 4.23. The molecule has 1 amide bonds. The van der Waals surface area contributed by atoms with Crippen LogP contribution in [0.15, 0.2) is 55.6 Å². The minimum atomic E-state index is -0.00236. The molecule has 0 fully saturated rings. The van der Waals surface area contributed by atoms with E-state index >= 15 is 0 Å². The van der Waals surface area contributed by atoms with Crippen molar-refractivity contribution in [3.05, 3.63) is 61.2 Å². The van der Waals surface area contributed by atoms with Gasteiger partial charge in [-0.25, -0.2) is 0 Å². The first kappa shape index (κ1) is 14.2. The van der Waals surface area contributed by atoms with Crippen molar-refractivity contribution in [1.82, 2.24) is 4.90 Å². The van der Waals surface area contributed by atoms with Gasteiger partial charge in [0.2, 0.25) is 5.91 Å². The normalized spacial score (nSPS) is 9.78. The van der Waals surface area contributed by atoms with Crippen LogP contribution in [0, 0.1) is 0 Å². The van der Waals surface area contributed by atoms with Crippen molar-refractivity contribution in [3.63, 3.8) is 0 Å². The quantitative estimate of drug-likeness (QED) is 0.388. The van der Waals surface area contributed by atoms with Crippen molar-refractivity contribution < 1.29 is 4.79 Å². The van der Waals surface area contributed by atoms with Gasteiger partial charge in [0.15, 0.2) is 0 Å². The predicted molar refractivity (Wildman–Crippen MR) is 76.1 cm³/mol. The summed E-state index contributed by atoms with van der Waals surface area (Å²) >= 11 is 0. The number of hydrogen-bond donors (Lipinski definition) is 0. The number of carbonyl (C=O) groups excluding carboxylic acids is 1. The van der Waals surface area contributed by atoms with Crippen LogP contribution < -0.4 is 0 Å². The lowest BCUT2D eigenvalue weighted by Gasteiger charge is -2.21. The largest absolute Gasteiger partial charge is 0.335 e. The van der Waals surface area contributed by atoms with Crippen LogP contribution >= 0.6 is 0 Å². The number of allylic oxidation sites excluding steroid dienone is 1. The Bertz CT molecular complexity index is 383. The van der Waals surface area contributed by atoms with Crippen LogP contribution in [0.5, 0.6) is 0 Å². The van der Waals surface area contributed by atoms with Gasteiger partial charge in [0.25, 0.3) is 0 Å². The first-order valence-electron chi connectivity index (χ1n) is 6.34.